The highest BCUT2D eigenvalue weighted by atomic mass is 28.3. The summed E-state index contributed by atoms with van der Waals surface area (Å²) in [6, 6.07) is 17.1. The summed E-state index contributed by atoms with van der Waals surface area (Å²) in [5.74, 6) is 0.760. The summed E-state index contributed by atoms with van der Waals surface area (Å²) >= 11 is 0. The van der Waals surface area contributed by atoms with Crippen LogP contribution in [-0.2, 0) is 19.1 Å². The maximum Gasteiger partial charge on any atom is 0.407 e. The number of rotatable bonds is 10. The minimum absolute atomic E-state index is 0.122. The number of aliphatic hydroxyl groups excluding tert-OH is 1. The molecule has 0 unspecified atom stereocenters. The number of benzene rings is 3. The lowest BCUT2D eigenvalue weighted by atomic mass is 9.99. The van der Waals surface area contributed by atoms with Crippen LogP contribution in [0.3, 0.4) is 0 Å². The molecule has 2 saturated heterocycles. The minimum Gasteiger partial charge on any atom is -0.453 e. The highest BCUT2D eigenvalue weighted by molar-refractivity contribution is 6.78. The van der Waals surface area contributed by atoms with Gasteiger partial charge in [-0.25, -0.2) is 19.6 Å². The van der Waals surface area contributed by atoms with Crippen LogP contribution in [0, 0.1) is 5.92 Å². The largest absolute Gasteiger partial charge is 0.453 e. The number of aromatic nitrogens is 4. The molecule has 0 saturated carbocycles. The van der Waals surface area contributed by atoms with Gasteiger partial charge in [-0.05, 0) is 65.9 Å². The smallest absolute Gasteiger partial charge is 0.407 e. The molecule has 2 aromatic heterocycles. The highest BCUT2D eigenvalue weighted by Gasteiger charge is 2.46. The molecule has 2 aliphatic rings. The molecule has 58 heavy (non-hydrogen) atoms. The van der Waals surface area contributed by atoms with Crippen molar-refractivity contribution in [1.29, 1.82) is 0 Å². The number of hydrogen-bond acceptors (Lipinski definition) is 9. The molecule has 16 heteroatoms. The first-order chi connectivity index (χ1) is 27.7. The first-order valence-corrected chi connectivity index (χ1v) is 23.2. The van der Waals surface area contributed by atoms with Gasteiger partial charge in [-0.15, -0.1) is 0 Å². The second kappa shape index (κ2) is 16.3. The van der Waals surface area contributed by atoms with E-state index in [1.807, 2.05) is 36.9 Å². The minimum atomic E-state index is -1.78. The Kier molecular flexibility index (Phi) is 11.3. The summed E-state index contributed by atoms with van der Waals surface area (Å²) in [6.07, 6.45) is 1.38. The summed E-state index contributed by atoms with van der Waals surface area (Å²) in [7, 11) is 0.727. The van der Waals surface area contributed by atoms with E-state index in [1.165, 1.54) is 21.1 Å². The fourth-order valence-corrected chi connectivity index (χ4v) is 11.2. The number of amides is 4. The summed E-state index contributed by atoms with van der Waals surface area (Å²) in [4.78, 5) is 71.6. The van der Waals surface area contributed by atoms with Crippen LogP contribution >= 0.6 is 0 Å². The van der Waals surface area contributed by atoms with Crippen LogP contribution in [0.2, 0.25) is 19.1 Å². The predicted molar refractivity (Wildman–Crippen MR) is 222 cm³/mol. The summed E-state index contributed by atoms with van der Waals surface area (Å²) in [5, 5.41) is 17.5. The van der Waals surface area contributed by atoms with Crippen molar-refractivity contribution < 1.29 is 33.8 Å². The van der Waals surface area contributed by atoms with Gasteiger partial charge in [-0.2, -0.15) is 0 Å². The molecule has 4 amide bonds. The van der Waals surface area contributed by atoms with Gasteiger partial charge in [0.2, 0.25) is 11.8 Å². The van der Waals surface area contributed by atoms with Crippen LogP contribution in [0.25, 0.3) is 44.2 Å². The lowest BCUT2D eigenvalue weighted by Crippen LogP contribution is -2.53. The van der Waals surface area contributed by atoms with Crippen LogP contribution in [-0.4, -0.2) is 112 Å². The molecule has 5 aromatic rings. The number of nitrogens with zero attached hydrogens (tertiary/aromatic N) is 4. The van der Waals surface area contributed by atoms with E-state index >= 15 is 0 Å². The van der Waals surface area contributed by atoms with Crippen molar-refractivity contribution in [3.05, 3.63) is 72.4 Å². The summed E-state index contributed by atoms with van der Waals surface area (Å²) < 4.78 is 9.48. The lowest BCUT2D eigenvalue weighted by molar-refractivity contribution is -0.137. The summed E-state index contributed by atoms with van der Waals surface area (Å²) in [6.45, 7) is 10.3. The number of methoxy groups -OCH3 is 2. The van der Waals surface area contributed by atoms with Crippen LogP contribution in [0.1, 0.15) is 57.3 Å². The molecular formula is C42H52N8O7Si. The molecular weight excluding hydrogens is 757 g/mol. The Balaban J connectivity index is 1.09. The Morgan fingerprint density at radius 1 is 0.828 bits per heavy atom. The van der Waals surface area contributed by atoms with Crippen molar-refractivity contribution >= 4 is 53.9 Å². The number of alkyl carbamates (subject to hydrolysis) is 2. The zero-order valence-corrected chi connectivity index (χ0v) is 35.0. The fourth-order valence-electron chi connectivity index (χ4n) is 8.34. The number of H-pyrrole nitrogens is 2. The van der Waals surface area contributed by atoms with Crippen LogP contribution in [0.4, 0.5) is 9.59 Å². The Morgan fingerprint density at radius 2 is 1.48 bits per heavy atom. The number of likely N-dealkylation sites (tertiary alicyclic amines) is 1. The maximum atomic E-state index is 14.0. The normalized spacial score (nSPS) is 19.3. The first-order valence-electron chi connectivity index (χ1n) is 19.7. The van der Waals surface area contributed by atoms with E-state index in [0.29, 0.717) is 25.0 Å². The predicted octanol–water partition coefficient (Wildman–Crippen LogP) is 6.05. The quantitative estimate of drug-likeness (QED) is 0.104. The average Bonchev–Trinajstić information content (AvgIpc) is 4.03. The molecule has 2 fully saturated rings. The Morgan fingerprint density at radius 3 is 2.16 bits per heavy atom. The van der Waals surface area contributed by atoms with Gasteiger partial charge in [0.25, 0.3) is 0 Å². The number of carbonyl (C=O) groups excluding carboxylic acids is 4. The molecule has 15 nitrogen and oxygen atoms in total. The van der Waals surface area contributed by atoms with Crippen molar-refractivity contribution in [3.8, 4) is 22.4 Å². The molecule has 3 aromatic carbocycles. The zero-order valence-electron chi connectivity index (χ0n) is 34.0. The Labute approximate surface area is 337 Å². The number of imidazole rings is 2. The molecule has 7 rings (SSSR count). The van der Waals surface area contributed by atoms with Crippen molar-refractivity contribution in [3.63, 3.8) is 0 Å². The van der Waals surface area contributed by atoms with E-state index in [0.717, 1.165) is 62.5 Å². The summed E-state index contributed by atoms with van der Waals surface area (Å²) in [5.41, 5.74) is 5.58. The number of carbonyl (C=O) groups is 4. The van der Waals surface area contributed by atoms with E-state index in [-0.39, 0.29) is 23.9 Å². The monoisotopic (exact) mass is 808 g/mol. The Hall–Kier alpha value is -5.74. The van der Waals surface area contributed by atoms with Crippen LogP contribution in [0.5, 0.6) is 0 Å². The zero-order chi connectivity index (χ0) is 41.5. The average molecular weight is 809 g/mol. The highest BCUT2D eigenvalue weighted by Crippen LogP contribution is 2.39. The van der Waals surface area contributed by atoms with E-state index in [2.05, 4.69) is 79.8 Å². The molecule has 5 atom stereocenters. The van der Waals surface area contributed by atoms with Gasteiger partial charge in [-0.1, -0.05) is 69.4 Å². The van der Waals surface area contributed by atoms with Gasteiger partial charge in [0.05, 0.1) is 63.4 Å². The van der Waals surface area contributed by atoms with Crippen molar-refractivity contribution in [2.24, 2.45) is 5.92 Å². The number of hydrogen-bond donors (Lipinski definition) is 5. The van der Waals surface area contributed by atoms with Crippen LogP contribution in [0.15, 0.2) is 60.8 Å². The first kappa shape index (κ1) is 40.5. The van der Waals surface area contributed by atoms with Gasteiger partial charge in [0.1, 0.15) is 23.7 Å². The topological polar surface area (TPSA) is 195 Å². The fraction of sp³-hybridized carbons (Fsp3) is 0.429. The number of aromatic amines is 2. The van der Waals surface area contributed by atoms with Gasteiger partial charge < -0.3 is 45.0 Å². The van der Waals surface area contributed by atoms with E-state index in [1.54, 1.807) is 11.1 Å². The van der Waals surface area contributed by atoms with Crippen molar-refractivity contribution in [2.45, 2.75) is 83.0 Å². The van der Waals surface area contributed by atoms with Crippen molar-refractivity contribution in [1.82, 2.24) is 40.4 Å². The van der Waals surface area contributed by atoms with Gasteiger partial charge >= 0.3 is 12.2 Å². The third-order valence-corrected chi connectivity index (χ3v) is 14.1. The Bertz CT molecular complexity index is 2340. The lowest BCUT2D eigenvalue weighted by Gasteiger charge is -2.30. The molecule has 2 aliphatic heterocycles. The number of aliphatic hydroxyl groups is 1. The molecule has 5 N–H and O–H groups in total. The molecule has 4 heterocycles. The van der Waals surface area contributed by atoms with E-state index in [9.17, 15) is 24.3 Å². The maximum absolute atomic E-state index is 14.0. The molecule has 0 radical (unpaired) electrons. The van der Waals surface area contributed by atoms with Gasteiger partial charge in [0, 0.05) is 18.1 Å². The van der Waals surface area contributed by atoms with Crippen LogP contribution < -0.4 is 10.6 Å². The van der Waals surface area contributed by atoms with E-state index < -0.39 is 44.4 Å². The van der Waals surface area contributed by atoms with Crippen molar-refractivity contribution in [2.75, 3.05) is 26.9 Å². The van der Waals surface area contributed by atoms with E-state index in [4.69, 9.17) is 9.72 Å². The molecule has 0 bridgehead atoms. The second-order valence-electron chi connectivity index (χ2n) is 16.5. The number of ether oxygens (including phenoxy) is 2. The molecule has 0 aliphatic carbocycles. The standard InChI is InChI=1S/C42H52N8O7Si/c1-23(2)34(47-41(54)56-4)39(52)50-22-58(6,7)21-33(50)38-44-30-17-15-28-19-27(14-16-29(28)36(30)46-38)25-10-12-26(13-11-25)31-20-43-37(45-31)32-9-8-18-49(32)40(53)35(24(3)51)48-42(55)57-5/h10-17,19-20,23-24,32-35,51H,8-9,18,21-22H2,1-7H3,(H,43,45)(H,44,46)(H,47,54)(H,48,55)/t24-,32+,33+,34+,35+/m1/s1. The third-order valence-electron chi connectivity index (χ3n) is 11.4. The molecule has 306 valence electrons. The second-order valence-corrected chi connectivity index (χ2v) is 21.6. The number of fused-ring (bicyclic) bond motifs is 3. The SMILES string of the molecule is COC(=O)N[C@H](C(=O)N1C[Si](C)(C)C[C@H]1c1nc2c(ccc3cc(-c4ccc(-c5cnc([C@@H]6CCCN6C(=O)[C@@H](NC(=O)OC)[C@@H](C)O)[nH]5)cc4)ccc32)[nH]1)C(C)C. The third kappa shape index (κ3) is 8.03. The van der Waals surface area contributed by atoms with Gasteiger partial charge in [0.15, 0.2) is 0 Å². The van der Waals surface area contributed by atoms with Gasteiger partial charge in [-0.3, -0.25) is 9.59 Å². The molecule has 0 spiro atoms. The number of nitrogens with one attached hydrogen (secondary N) is 4.